The molecule has 5 heteroatoms. The molecule has 0 aliphatic carbocycles. The van der Waals surface area contributed by atoms with Crippen molar-refractivity contribution < 1.29 is 9.53 Å². The molecule has 1 unspecified atom stereocenters. The number of nitrogens with zero attached hydrogens (tertiary/aromatic N) is 1. The molecule has 0 aliphatic heterocycles. The fourth-order valence-corrected chi connectivity index (χ4v) is 1.38. The molecule has 1 rings (SSSR count). The summed E-state index contributed by atoms with van der Waals surface area (Å²) in [5.74, 6) is 0.121. The Balaban J connectivity index is 2.49. The predicted molar refractivity (Wildman–Crippen MR) is 62.9 cm³/mol. The predicted octanol–water partition coefficient (Wildman–Crippen LogP) is 1.27. The van der Waals surface area contributed by atoms with Gasteiger partial charge in [0.1, 0.15) is 0 Å². The van der Waals surface area contributed by atoms with Gasteiger partial charge in [-0.3, -0.25) is 9.78 Å². The third-order valence-electron chi connectivity index (χ3n) is 2.11. The second kappa shape index (κ2) is 6.07. The largest absolute Gasteiger partial charge is 0.396 e. The number of nitrogens with two attached hydrogens (primary N) is 1. The van der Waals surface area contributed by atoms with Gasteiger partial charge in [-0.1, -0.05) is 6.92 Å². The molecule has 1 heterocycles. The molecule has 0 aromatic carbocycles. The summed E-state index contributed by atoms with van der Waals surface area (Å²) in [6.45, 7) is 2.53. The van der Waals surface area contributed by atoms with E-state index in [0.717, 1.165) is 0 Å². The molecule has 1 aromatic heterocycles. The number of pyridine rings is 1. The molecule has 1 atom stereocenters. The van der Waals surface area contributed by atoms with Gasteiger partial charge in [0.05, 0.1) is 17.6 Å². The van der Waals surface area contributed by atoms with Gasteiger partial charge in [0, 0.05) is 26.3 Å². The standard InChI is InChI=1S/C11H17N3O2/c1-8(7-16-2)5-11(15)14-10-3-4-13-6-9(10)12/h3-4,6,8H,5,7,12H2,1-2H3,(H,13,14,15). The van der Waals surface area contributed by atoms with Crippen LogP contribution >= 0.6 is 0 Å². The van der Waals surface area contributed by atoms with Crippen LogP contribution in [0.5, 0.6) is 0 Å². The van der Waals surface area contributed by atoms with Crippen LogP contribution in [0.4, 0.5) is 11.4 Å². The lowest BCUT2D eigenvalue weighted by atomic mass is 10.1. The lowest BCUT2D eigenvalue weighted by Crippen LogP contribution is -2.18. The third kappa shape index (κ3) is 3.86. The molecule has 16 heavy (non-hydrogen) atoms. The Morgan fingerprint density at radius 3 is 3.06 bits per heavy atom. The lowest BCUT2D eigenvalue weighted by Gasteiger charge is -2.11. The minimum absolute atomic E-state index is 0.0672. The SMILES string of the molecule is COCC(C)CC(=O)Nc1ccncc1N. The lowest BCUT2D eigenvalue weighted by molar-refractivity contribution is -0.117. The zero-order valence-electron chi connectivity index (χ0n) is 9.56. The van der Waals surface area contributed by atoms with Crippen LogP contribution < -0.4 is 11.1 Å². The van der Waals surface area contributed by atoms with Crippen molar-refractivity contribution in [2.24, 2.45) is 5.92 Å². The van der Waals surface area contributed by atoms with Crippen LogP contribution in [-0.4, -0.2) is 24.6 Å². The van der Waals surface area contributed by atoms with Gasteiger partial charge in [-0.2, -0.15) is 0 Å². The molecule has 3 N–H and O–H groups in total. The van der Waals surface area contributed by atoms with E-state index in [2.05, 4.69) is 10.3 Å². The summed E-state index contributed by atoms with van der Waals surface area (Å²) in [5, 5.41) is 2.74. The van der Waals surface area contributed by atoms with E-state index >= 15 is 0 Å². The maximum absolute atomic E-state index is 11.6. The minimum atomic E-state index is -0.0672. The van der Waals surface area contributed by atoms with Crippen molar-refractivity contribution >= 4 is 17.3 Å². The first-order valence-electron chi connectivity index (χ1n) is 5.11. The minimum Gasteiger partial charge on any atom is -0.396 e. The number of methoxy groups -OCH3 is 1. The maximum Gasteiger partial charge on any atom is 0.224 e. The van der Waals surface area contributed by atoms with Crippen molar-refractivity contribution in [1.29, 1.82) is 0 Å². The van der Waals surface area contributed by atoms with Gasteiger partial charge < -0.3 is 15.8 Å². The summed E-state index contributed by atoms with van der Waals surface area (Å²) in [5.41, 5.74) is 6.73. The van der Waals surface area contributed by atoms with E-state index in [0.29, 0.717) is 24.4 Å². The van der Waals surface area contributed by atoms with Crippen LogP contribution in [0.15, 0.2) is 18.5 Å². The summed E-state index contributed by atoms with van der Waals surface area (Å²) in [7, 11) is 1.62. The Hall–Kier alpha value is -1.62. The van der Waals surface area contributed by atoms with Crippen LogP contribution in [-0.2, 0) is 9.53 Å². The smallest absolute Gasteiger partial charge is 0.224 e. The van der Waals surface area contributed by atoms with Crippen molar-refractivity contribution in [3.05, 3.63) is 18.5 Å². The Morgan fingerprint density at radius 2 is 2.44 bits per heavy atom. The van der Waals surface area contributed by atoms with E-state index < -0.39 is 0 Å². The number of carbonyl (C=O) groups is 1. The molecule has 5 nitrogen and oxygen atoms in total. The fourth-order valence-electron chi connectivity index (χ4n) is 1.38. The van der Waals surface area contributed by atoms with E-state index in [1.807, 2.05) is 6.92 Å². The average Bonchev–Trinajstić information content (AvgIpc) is 2.21. The van der Waals surface area contributed by atoms with Crippen LogP contribution in [0.1, 0.15) is 13.3 Å². The molecule has 0 saturated heterocycles. The summed E-state index contributed by atoms with van der Waals surface area (Å²) >= 11 is 0. The van der Waals surface area contributed by atoms with Gasteiger partial charge in [0.2, 0.25) is 5.91 Å². The number of carbonyl (C=O) groups excluding carboxylic acids is 1. The number of anilines is 2. The van der Waals surface area contributed by atoms with Crippen LogP contribution in [0, 0.1) is 5.92 Å². The van der Waals surface area contributed by atoms with Crippen molar-refractivity contribution in [3.8, 4) is 0 Å². The van der Waals surface area contributed by atoms with Crippen molar-refractivity contribution in [2.45, 2.75) is 13.3 Å². The summed E-state index contributed by atoms with van der Waals surface area (Å²) < 4.78 is 4.96. The number of rotatable bonds is 5. The highest BCUT2D eigenvalue weighted by molar-refractivity contribution is 5.93. The molecule has 0 bridgehead atoms. The Bertz CT molecular complexity index is 355. The zero-order chi connectivity index (χ0) is 12.0. The second-order valence-corrected chi connectivity index (χ2v) is 3.78. The van der Waals surface area contributed by atoms with Crippen molar-refractivity contribution in [1.82, 2.24) is 4.98 Å². The molecular formula is C11H17N3O2. The molecule has 88 valence electrons. The summed E-state index contributed by atoms with van der Waals surface area (Å²) in [6.07, 6.45) is 3.51. The van der Waals surface area contributed by atoms with Crippen molar-refractivity contribution in [2.75, 3.05) is 24.8 Å². The zero-order valence-corrected chi connectivity index (χ0v) is 9.56. The third-order valence-corrected chi connectivity index (χ3v) is 2.11. The van der Waals surface area contributed by atoms with Gasteiger partial charge >= 0.3 is 0 Å². The number of nitrogen functional groups attached to an aromatic ring is 1. The summed E-state index contributed by atoms with van der Waals surface area (Å²) in [6, 6.07) is 1.67. The number of hydrogen-bond donors (Lipinski definition) is 2. The first kappa shape index (κ1) is 12.4. The number of hydrogen-bond acceptors (Lipinski definition) is 4. The van der Waals surface area contributed by atoms with E-state index in [-0.39, 0.29) is 11.8 Å². The number of ether oxygens (including phenoxy) is 1. The molecule has 0 aliphatic rings. The molecule has 0 fully saturated rings. The molecule has 0 spiro atoms. The van der Waals surface area contributed by atoms with Crippen LogP contribution in [0.2, 0.25) is 0 Å². The van der Waals surface area contributed by atoms with E-state index in [9.17, 15) is 4.79 Å². The second-order valence-electron chi connectivity index (χ2n) is 3.78. The summed E-state index contributed by atoms with van der Waals surface area (Å²) in [4.78, 5) is 15.5. The number of aromatic nitrogens is 1. The van der Waals surface area contributed by atoms with Crippen molar-refractivity contribution in [3.63, 3.8) is 0 Å². The van der Waals surface area contributed by atoms with Gasteiger partial charge in [-0.15, -0.1) is 0 Å². The van der Waals surface area contributed by atoms with E-state index in [1.54, 1.807) is 19.4 Å². The highest BCUT2D eigenvalue weighted by Gasteiger charge is 2.10. The molecule has 0 saturated carbocycles. The molecule has 1 aromatic rings. The van der Waals surface area contributed by atoms with Gasteiger partial charge in [-0.05, 0) is 12.0 Å². The normalized spacial score (nSPS) is 12.1. The maximum atomic E-state index is 11.6. The van der Waals surface area contributed by atoms with Gasteiger partial charge in [0.15, 0.2) is 0 Å². The Labute approximate surface area is 95.0 Å². The Kier molecular flexibility index (Phi) is 4.72. The monoisotopic (exact) mass is 223 g/mol. The topological polar surface area (TPSA) is 77.2 Å². The average molecular weight is 223 g/mol. The van der Waals surface area contributed by atoms with E-state index in [4.69, 9.17) is 10.5 Å². The fraction of sp³-hybridized carbons (Fsp3) is 0.455. The molecule has 0 radical (unpaired) electrons. The van der Waals surface area contributed by atoms with Crippen LogP contribution in [0.25, 0.3) is 0 Å². The highest BCUT2D eigenvalue weighted by atomic mass is 16.5. The quantitative estimate of drug-likeness (QED) is 0.788. The number of nitrogens with one attached hydrogen (secondary N) is 1. The van der Waals surface area contributed by atoms with Gasteiger partial charge in [-0.25, -0.2) is 0 Å². The molecular weight excluding hydrogens is 206 g/mol. The first-order valence-corrected chi connectivity index (χ1v) is 5.11. The highest BCUT2D eigenvalue weighted by Crippen LogP contribution is 2.16. The molecule has 1 amide bonds. The first-order chi connectivity index (χ1) is 7.63. The van der Waals surface area contributed by atoms with Crippen LogP contribution in [0.3, 0.4) is 0 Å². The Morgan fingerprint density at radius 1 is 1.69 bits per heavy atom. The van der Waals surface area contributed by atoms with Gasteiger partial charge in [0.25, 0.3) is 0 Å². The number of amides is 1. The van der Waals surface area contributed by atoms with E-state index in [1.165, 1.54) is 6.20 Å².